The summed E-state index contributed by atoms with van der Waals surface area (Å²) in [5.74, 6) is 0. The minimum absolute atomic E-state index is 0.490. The van der Waals surface area contributed by atoms with Gasteiger partial charge in [0.15, 0.2) is 0 Å². The van der Waals surface area contributed by atoms with Gasteiger partial charge in [-0.25, -0.2) is 0 Å². The smallest absolute Gasteiger partial charge is 0.0634 e. The van der Waals surface area contributed by atoms with Crippen molar-refractivity contribution in [3.05, 3.63) is 33.4 Å². The highest BCUT2D eigenvalue weighted by Gasteiger charge is 1.91. The lowest BCUT2D eigenvalue weighted by atomic mass is 10.1. The molecule has 1 rings (SSSR count). The third kappa shape index (κ3) is 3.57. The van der Waals surface area contributed by atoms with Gasteiger partial charge < -0.3 is 0 Å². The Morgan fingerprint density at radius 2 is 2.00 bits per heavy atom. The van der Waals surface area contributed by atoms with E-state index in [9.17, 15) is 0 Å². The summed E-state index contributed by atoms with van der Waals surface area (Å²) in [6.45, 7) is 2.18. The van der Waals surface area contributed by atoms with E-state index in [4.69, 9.17) is 2.74 Å². The molecule has 0 aliphatic rings. The number of unbranched alkanes of at least 4 members (excludes halogenated alkanes) is 2. The van der Waals surface area contributed by atoms with Gasteiger partial charge in [-0.3, -0.25) is 0 Å². The number of benzene rings is 1. The normalized spacial score (nSPS) is 12.5. The van der Waals surface area contributed by atoms with Gasteiger partial charge in [-0.1, -0.05) is 31.9 Å². The Kier molecular flexibility index (Phi) is 3.42. The second-order valence-corrected chi connectivity index (χ2v) is 4.00. The quantitative estimate of drug-likeness (QED) is 0.575. The molecule has 0 saturated carbocycles. The Hall–Kier alpha value is -0.0500. The van der Waals surface area contributed by atoms with Crippen LogP contribution in [0.15, 0.2) is 24.2 Å². The van der Waals surface area contributed by atoms with Crippen LogP contribution in [0.5, 0.6) is 0 Å². The van der Waals surface area contributed by atoms with Crippen molar-refractivity contribution in [2.24, 2.45) is 0 Å². The monoisotopic (exact) mass is 276 g/mol. The molecule has 0 saturated heterocycles. The minimum Gasteiger partial charge on any atom is -0.0654 e. The molecule has 0 aromatic heterocycles. The fourth-order valence-corrected chi connectivity index (χ4v) is 1.43. The van der Waals surface area contributed by atoms with Crippen molar-refractivity contribution in [3.63, 3.8) is 0 Å². The molecule has 0 radical (unpaired) electrons. The average molecular weight is 276 g/mol. The third-order valence-corrected chi connectivity index (χ3v) is 2.46. The summed E-state index contributed by atoms with van der Waals surface area (Å²) in [6, 6.07) is 4.75. The Morgan fingerprint density at radius 1 is 1.33 bits per heavy atom. The van der Waals surface area contributed by atoms with Crippen LogP contribution in [-0.4, -0.2) is 0 Å². The summed E-state index contributed by atoms with van der Waals surface area (Å²) < 4.78 is 16.1. The van der Waals surface area contributed by atoms with Crippen LogP contribution in [0, 0.1) is 3.57 Å². The van der Waals surface area contributed by atoms with Crippen molar-refractivity contribution in [3.8, 4) is 0 Å². The molecule has 0 aliphatic carbocycles. The van der Waals surface area contributed by atoms with E-state index >= 15 is 0 Å². The van der Waals surface area contributed by atoms with Crippen LogP contribution in [0.3, 0.4) is 0 Å². The molecule has 0 amide bonds. The first kappa shape index (κ1) is 7.36. The van der Waals surface area contributed by atoms with E-state index in [1.165, 1.54) is 12.8 Å². The summed E-state index contributed by atoms with van der Waals surface area (Å²) in [7, 11) is 0. The molecule has 0 bridgehead atoms. The molecule has 0 aliphatic heterocycles. The molecule has 66 valence electrons. The first-order valence-electron chi connectivity index (χ1n) is 5.40. The largest absolute Gasteiger partial charge is 0.0654 e. The van der Waals surface area contributed by atoms with Crippen LogP contribution in [-0.2, 0) is 6.42 Å². The minimum atomic E-state index is 0.490. The molecule has 0 heterocycles. The van der Waals surface area contributed by atoms with Crippen LogP contribution < -0.4 is 0 Å². The second kappa shape index (κ2) is 5.57. The van der Waals surface area contributed by atoms with Crippen LogP contribution in [0.1, 0.15) is 34.5 Å². The zero-order valence-electron chi connectivity index (χ0n) is 9.36. The highest BCUT2D eigenvalue weighted by molar-refractivity contribution is 14.1. The van der Waals surface area contributed by atoms with Crippen LogP contribution >= 0.6 is 22.6 Å². The predicted molar refractivity (Wildman–Crippen MR) is 62.4 cm³/mol. The van der Waals surface area contributed by atoms with Gasteiger partial charge in [0.05, 0.1) is 2.74 Å². The zero-order chi connectivity index (χ0) is 10.6. The van der Waals surface area contributed by atoms with Gasteiger partial charge in [-0.2, -0.15) is 0 Å². The first-order chi connectivity index (χ1) is 6.65. The lowest BCUT2D eigenvalue weighted by Gasteiger charge is -1.99. The fraction of sp³-hybridized carbons (Fsp3) is 0.455. The van der Waals surface area contributed by atoms with Gasteiger partial charge in [0.25, 0.3) is 0 Å². The Morgan fingerprint density at radius 3 is 2.58 bits per heavy atom. The maximum Gasteiger partial charge on any atom is 0.0634 e. The van der Waals surface area contributed by atoms with Crippen molar-refractivity contribution in [1.82, 2.24) is 0 Å². The Balaban J connectivity index is 2.69. The summed E-state index contributed by atoms with van der Waals surface area (Å²) in [6.07, 6.45) is 4.61. The predicted octanol–water partition coefficient (Wildman–Crippen LogP) is 4.02. The van der Waals surface area contributed by atoms with Crippen molar-refractivity contribution < 1.29 is 2.74 Å². The second-order valence-electron chi connectivity index (χ2n) is 2.92. The van der Waals surface area contributed by atoms with E-state index in [0.29, 0.717) is 12.1 Å². The van der Waals surface area contributed by atoms with Gasteiger partial charge in [0.1, 0.15) is 0 Å². The standard InChI is InChI=1S/C11H15I/c1-2-3-4-5-10-6-8-11(12)9-7-10/h6-9H,2-5H2,1H3/i8D,9D. The summed E-state index contributed by atoms with van der Waals surface area (Å²) >= 11 is 2.06. The Labute approximate surface area is 91.3 Å². The molecule has 1 heteroatoms. The molecule has 1 aromatic carbocycles. The first-order valence-corrected chi connectivity index (χ1v) is 5.48. The zero-order valence-corrected chi connectivity index (χ0v) is 9.52. The van der Waals surface area contributed by atoms with Crippen molar-refractivity contribution in [1.29, 1.82) is 0 Å². The van der Waals surface area contributed by atoms with Gasteiger partial charge in [-0.15, -0.1) is 0 Å². The molecule has 1 aromatic rings. The van der Waals surface area contributed by atoms with Crippen molar-refractivity contribution in [2.45, 2.75) is 32.6 Å². The molecular formula is C11H15I. The molecule has 12 heavy (non-hydrogen) atoms. The molecule has 0 unspecified atom stereocenters. The third-order valence-electron chi connectivity index (χ3n) is 1.84. The lowest BCUT2D eigenvalue weighted by Crippen LogP contribution is -1.84. The maximum absolute atomic E-state index is 7.65. The number of hydrogen-bond donors (Lipinski definition) is 0. The summed E-state index contributed by atoms with van der Waals surface area (Å²) in [5, 5.41) is 0. The van der Waals surface area contributed by atoms with Crippen molar-refractivity contribution in [2.75, 3.05) is 0 Å². The molecule has 0 atom stereocenters. The van der Waals surface area contributed by atoms with E-state index in [2.05, 4.69) is 29.5 Å². The maximum atomic E-state index is 7.65. The van der Waals surface area contributed by atoms with Gasteiger partial charge in [0, 0.05) is 3.57 Å². The molecule has 0 N–H and O–H groups in total. The molecule has 0 nitrogen and oxygen atoms in total. The summed E-state index contributed by atoms with van der Waals surface area (Å²) in [4.78, 5) is 0. The van der Waals surface area contributed by atoms with Gasteiger partial charge in [-0.05, 0) is 53.1 Å². The van der Waals surface area contributed by atoms with E-state index in [0.717, 1.165) is 22.0 Å². The van der Waals surface area contributed by atoms with Gasteiger partial charge in [0.2, 0.25) is 0 Å². The van der Waals surface area contributed by atoms with E-state index in [1.807, 2.05) is 12.1 Å². The highest BCUT2D eigenvalue weighted by atomic mass is 127. The van der Waals surface area contributed by atoms with Gasteiger partial charge >= 0.3 is 0 Å². The summed E-state index contributed by atoms with van der Waals surface area (Å²) in [5.41, 5.74) is 1.13. The van der Waals surface area contributed by atoms with Crippen molar-refractivity contribution >= 4 is 22.6 Å². The number of aryl methyl sites for hydroxylation is 1. The fourth-order valence-electron chi connectivity index (χ4n) is 1.12. The van der Waals surface area contributed by atoms with E-state index < -0.39 is 0 Å². The molecule has 0 spiro atoms. The topological polar surface area (TPSA) is 0 Å². The molecule has 0 fully saturated rings. The number of halogens is 1. The lowest BCUT2D eigenvalue weighted by molar-refractivity contribution is 0.717. The SMILES string of the molecule is [2H]c1cc(CCCCC)cc([2H])c1I. The number of hydrogen-bond acceptors (Lipinski definition) is 0. The van der Waals surface area contributed by atoms with Crippen LogP contribution in [0.4, 0.5) is 0 Å². The van der Waals surface area contributed by atoms with E-state index in [1.54, 1.807) is 0 Å². The Bertz CT molecular complexity index is 287. The van der Waals surface area contributed by atoms with E-state index in [-0.39, 0.29) is 0 Å². The van der Waals surface area contributed by atoms with Crippen LogP contribution in [0.2, 0.25) is 0 Å². The average Bonchev–Trinajstić information content (AvgIpc) is 2.14. The number of rotatable bonds is 4. The van der Waals surface area contributed by atoms with Crippen LogP contribution in [0.25, 0.3) is 0 Å². The highest BCUT2D eigenvalue weighted by Crippen LogP contribution is 2.09. The molecular weight excluding hydrogens is 259 g/mol.